The van der Waals surface area contributed by atoms with Gasteiger partial charge in [0.05, 0.1) is 6.10 Å². The van der Waals surface area contributed by atoms with E-state index < -0.39 is 6.10 Å². The molecule has 4 nitrogen and oxygen atoms in total. The minimum atomic E-state index is -0.718. The van der Waals surface area contributed by atoms with Gasteiger partial charge in [-0.1, -0.05) is 42.0 Å². The molecule has 116 valence electrons. The quantitative estimate of drug-likeness (QED) is 0.809. The van der Waals surface area contributed by atoms with Gasteiger partial charge in [-0.05, 0) is 43.5 Å². The second-order valence-corrected chi connectivity index (χ2v) is 5.58. The lowest BCUT2D eigenvalue weighted by Gasteiger charge is -2.14. The van der Waals surface area contributed by atoms with E-state index in [1.807, 2.05) is 63.2 Å². The summed E-state index contributed by atoms with van der Waals surface area (Å²) in [7, 11) is 0. The Morgan fingerprint density at radius 1 is 1.05 bits per heavy atom. The molecule has 2 amide bonds. The number of benzene rings is 2. The fourth-order valence-corrected chi connectivity index (χ4v) is 2.13. The highest BCUT2D eigenvalue weighted by Gasteiger charge is 2.10. The molecule has 3 N–H and O–H groups in total. The molecule has 2 aromatic rings. The highest BCUT2D eigenvalue weighted by Crippen LogP contribution is 2.16. The molecule has 0 radical (unpaired) electrons. The molecule has 1 atom stereocenters. The van der Waals surface area contributed by atoms with E-state index in [-0.39, 0.29) is 12.6 Å². The zero-order valence-corrected chi connectivity index (χ0v) is 13.2. The maximum Gasteiger partial charge on any atom is 0.319 e. The second-order valence-electron chi connectivity index (χ2n) is 5.58. The molecule has 0 aromatic heterocycles. The lowest BCUT2D eigenvalue weighted by Crippen LogP contribution is -2.32. The molecule has 4 heteroatoms. The molecule has 0 heterocycles. The van der Waals surface area contributed by atoms with Gasteiger partial charge in [-0.3, -0.25) is 0 Å². The number of rotatable bonds is 4. The van der Waals surface area contributed by atoms with E-state index in [2.05, 4.69) is 10.6 Å². The molecule has 0 saturated heterocycles. The number of aliphatic hydroxyl groups excluding tert-OH is 1. The van der Waals surface area contributed by atoms with Gasteiger partial charge in [0, 0.05) is 12.2 Å². The number of hydrogen-bond donors (Lipinski definition) is 3. The van der Waals surface area contributed by atoms with Crippen LogP contribution in [0.2, 0.25) is 0 Å². The minimum absolute atomic E-state index is 0.166. The standard InChI is InChI=1S/C18H22N2O2/c1-12-5-8-15(9-6-12)17(21)11-19-18(22)20-16-10-13(2)4-7-14(16)3/h4-10,17,21H,11H2,1-3H3,(H2,19,20,22)/t17-/m0/s1. The van der Waals surface area contributed by atoms with Crippen LogP contribution in [0, 0.1) is 20.8 Å². The van der Waals surface area contributed by atoms with Gasteiger partial charge in [-0.25, -0.2) is 4.79 Å². The molecule has 22 heavy (non-hydrogen) atoms. The van der Waals surface area contributed by atoms with E-state index in [9.17, 15) is 9.90 Å². The highest BCUT2D eigenvalue weighted by molar-refractivity contribution is 5.90. The maximum atomic E-state index is 11.9. The van der Waals surface area contributed by atoms with Gasteiger partial charge >= 0.3 is 6.03 Å². The van der Waals surface area contributed by atoms with Crippen LogP contribution < -0.4 is 10.6 Å². The third-order valence-electron chi connectivity index (χ3n) is 3.56. The van der Waals surface area contributed by atoms with Crippen molar-refractivity contribution in [3.8, 4) is 0 Å². The van der Waals surface area contributed by atoms with E-state index in [0.717, 1.165) is 27.9 Å². The number of aryl methyl sites for hydroxylation is 3. The van der Waals surface area contributed by atoms with Gasteiger partial charge in [-0.2, -0.15) is 0 Å². The van der Waals surface area contributed by atoms with Crippen molar-refractivity contribution in [2.24, 2.45) is 0 Å². The predicted molar refractivity (Wildman–Crippen MR) is 89.1 cm³/mol. The Morgan fingerprint density at radius 2 is 1.68 bits per heavy atom. The summed E-state index contributed by atoms with van der Waals surface area (Å²) in [5.74, 6) is 0. The molecular formula is C18H22N2O2. The number of aliphatic hydroxyl groups is 1. The van der Waals surface area contributed by atoms with Crippen molar-refractivity contribution >= 4 is 11.7 Å². The van der Waals surface area contributed by atoms with Gasteiger partial charge in [-0.15, -0.1) is 0 Å². The highest BCUT2D eigenvalue weighted by atomic mass is 16.3. The van der Waals surface area contributed by atoms with Gasteiger partial charge in [0.15, 0.2) is 0 Å². The molecule has 0 aliphatic heterocycles. The summed E-state index contributed by atoms with van der Waals surface area (Å²) in [6, 6.07) is 13.2. The topological polar surface area (TPSA) is 61.4 Å². The Bertz CT molecular complexity index is 651. The van der Waals surface area contributed by atoms with Crippen LogP contribution >= 0.6 is 0 Å². The molecule has 0 aliphatic carbocycles. The Morgan fingerprint density at radius 3 is 2.36 bits per heavy atom. The number of amides is 2. The summed E-state index contributed by atoms with van der Waals surface area (Å²) in [6.45, 7) is 6.08. The first-order chi connectivity index (χ1) is 10.5. The SMILES string of the molecule is Cc1ccc([C@@H](O)CNC(=O)Nc2cc(C)ccc2C)cc1. The van der Waals surface area contributed by atoms with Crippen molar-refractivity contribution < 1.29 is 9.90 Å². The molecular weight excluding hydrogens is 276 g/mol. The van der Waals surface area contributed by atoms with Crippen LogP contribution in [-0.2, 0) is 0 Å². The molecule has 0 unspecified atom stereocenters. The van der Waals surface area contributed by atoms with E-state index in [1.165, 1.54) is 0 Å². The summed E-state index contributed by atoms with van der Waals surface area (Å²) in [5, 5.41) is 15.6. The van der Waals surface area contributed by atoms with E-state index in [1.54, 1.807) is 0 Å². The van der Waals surface area contributed by atoms with Crippen LogP contribution in [0.3, 0.4) is 0 Å². The Labute approximate surface area is 131 Å². The van der Waals surface area contributed by atoms with Gasteiger partial charge in [0.2, 0.25) is 0 Å². The van der Waals surface area contributed by atoms with Crippen molar-refractivity contribution in [1.82, 2.24) is 5.32 Å². The number of carbonyl (C=O) groups is 1. The van der Waals surface area contributed by atoms with Crippen molar-refractivity contribution in [1.29, 1.82) is 0 Å². The molecule has 0 fully saturated rings. The Balaban J connectivity index is 1.89. The monoisotopic (exact) mass is 298 g/mol. The number of hydrogen-bond acceptors (Lipinski definition) is 2. The predicted octanol–water partition coefficient (Wildman–Crippen LogP) is 3.47. The first-order valence-electron chi connectivity index (χ1n) is 7.32. The zero-order chi connectivity index (χ0) is 16.1. The summed E-state index contributed by atoms with van der Waals surface area (Å²) in [6.07, 6.45) is -0.718. The smallest absolute Gasteiger partial charge is 0.319 e. The summed E-state index contributed by atoms with van der Waals surface area (Å²) in [5.41, 5.74) is 4.79. The molecule has 0 spiro atoms. The van der Waals surface area contributed by atoms with Crippen molar-refractivity contribution in [2.75, 3.05) is 11.9 Å². The number of urea groups is 1. The van der Waals surface area contributed by atoms with Crippen molar-refractivity contribution in [3.05, 3.63) is 64.7 Å². The van der Waals surface area contributed by atoms with Gasteiger partial charge < -0.3 is 15.7 Å². The number of anilines is 1. The molecule has 0 saturated carbocycles. The molecule has 2 rings (SSSR count). The second kappa shape index (κ2) is 7.09. The minimum Gasteiger partial charge on any atom is -0.387 e. The maximum absolute atomic E-state index is 11.9. The Hall–Kier alpha value is -2.33. The van der Waals surface area contributed by atoms with E-state index >= 15 is 0 Å². The fourth-order valence-electron chi connectivity index (χ4n) is 2.13. The largest absolute Gasteiger partial charge is 0.387 e. The van der Waals surface area contributed by atoms with Crippen LogP contribution in [0.1, 0.15) is 28.4 Å². The lowest BCUT2D eigenvalue weighted by molar-refractivity contribution is 0.175. The van der Waals surface area contributed by atoms with Crippen molar-refractivity contribution in [3.63, 3.8) is 0 Å². The van der Waals surface area contributed by atoms with E-state index in [0.29, 0.717) is 0 Å². The first-order valence-corrected chi connectivity index (χ1v) is 7.32. The number of nitrogens with one attached hydrogen (secondary N) is 2. The van der Waals surface area contributed by atoms with Crippen LogP contribution in [0.4, 0.5) is 10.5 Å². The summed E-state index contributed by atoms with van der Waals surface area (Å²) < 4.78 is 0. The molecule has 0 bridgehead atoms. The fraction of sp³-hybridized carbons (Fsp3) is 0.278. The van der Waals surface area contributed by atoms with Crippen LogP contribution in [0.25, 0.3) is 0 Å². The zero-order valence-electron chi connectivity index (χ0n) is 13.2. The van der Waals surface area contributed by atoms with E-state index in [4.69, 9.17) is 0 Å². The van der Waals surface area contributed by atoms with Crippen molar-refractivity contribution in [2.45, 2.75) is 26.9 Å². The van der Waals surface area contributed by atoms with Crippen LogP contribution in [-0.4, -0.2) is 17.7 Å². The van der Waals surface area contributed by atoms with Crippen LogP contribution in [0.5, 0.6) is 0 Å². The normalized spacial score (nSPS) is 11.8. The third kappa shape index (κ3) is 4.33. The molecule has 0 aliphatic rings. The third-order valence-corrected chi connectivity index (χ3v) is 3.56. The van der Waals surface area contributed by atoms with Gasteiger partial charge in [0.1, 0.15) is 0 Å². The first kappa shape index (κ1) is 16.0. The summed E-state index contributed by atoms with van der Waals surface area (Å²) in [4.78, 5) is 11.9. The van der Waals surface area contributed by atoms with Crippen LogP contribution in [0.15, 0.2) is 42.5 Å². The Kier molecular flexibility index (Phi) is 5.17. The average molecular weight is 298 g/mol. The number of carbonyl (C=O) groups excluding carboxylic acids is 1. The van der Waals surface area contributed by atoms with Gasteiger partial charge in [0.25, 0.3) is 0 Å². The summed E-state index contributed by atoms with van der Waals surface area (Å²) >= 11 is 0. The molecule has 2 aromatic carbocycles. The lowest BCUT2D eigenvalue weighted by atomic mass is 10.1. The average Bonchev–Trinajstić information content (AvgIpc) is 2.49.